The molecule has 0 aliphatic carbocycles. The van der Waals surface area contributed by atoms with E-state index in [9.17, 15) is 18.0 Å². The summed E-state index contributed by atoms with van der Waals surface area (Å²) in [5, 5.41) is 7.82. The van der Waals surface area contributed by atoms with Gasteiger partial charge in [-0.3, -0.25) is 9.59 Å². The zero-order valence-corrected chi connectivity index (χ0v) is 16.6. The number of hydrogen-bond donors (Lipinski definition) is 2. The van der Waals surface area contributed by atoms with Gasteiger partial charge in [0.15, 0.2) is 23.9 Å². The highest BCUT2D eigenvalue weighted by Crippen LogP contribution is 2.28. The maximum atomic E-state index is 12.2. The number of hydrogen-bond acceptors (Lipinski definition) is 6. The number of carbonyl (C=O) groups is 2. The summed E-state index contributed by atoms with van der Waals surface area (Å²) in [6.07, 6.45) is 0. The molecule has 9 heteroatoms. The molecule has 2 rings (SSSR count). The lowest BCUT2D eigenvalue weighted by Crippen LogP contribution is -2.31. The molecule has 0 fully saturated rings. The molecule has 0 aliphatic heterocycles. The summed E-state index contributed by atoms with van der Waals surface area (Å²) in [7, 11) is -2.32. The van der Waals surface area contributed by atoms with Crippen molar-refractivity contribution in [1.82, 2.24) is 5.32 Å². The summed E-state index contributed by atoms with van der Waals surface area (Å²) in [5.41, 5.74) is 1.19. The van der Waals surface area contributed by atoms with Gasteiger partial charge in [0, 0.05) is 5.56 Å². The van der Waals surface area contributed by atoms with Gasteiger partial charge in [-0.25, -0.2) is 13.6 Å². The molecule has 3 N–H and O–H groups in total. The van der Waals surface area contributed by atoms with E-state index in [0.717, 1.165) is 0 Å². The second kappa shape index (κ2) is 8.85. The van der Waals surface area contributed by atoms with E-state index in [0.29, 0.717) is 22.6 Å². The van der Waals surface area contributed by atoms with Crippen molar-refractivity contribution in [2.45, 2.75) is 24.8 Å². The number of primary sulfonamides is 1. The minimum Gasteiger partial charge on any atom is -0.493 e. The molecule has 0 spiro atoms. The van der Waals surface area contributed by atoms with Crippen molar-refractivity contribution < 1.29 is 27.5 Å². The van der Waals surface area contributed by atoms with Gasteiger partial charge in [-0.2, -0.15) is 0 Å². The van der Waals surface area contributed by atoms with Gasteiger partial charge in [-0.15, -0.1) is 0 Å². The lowest BCUT2D eigenvalue weighted by atomic mass is 10.1. The van der Waals surface area contributed by atoms with Crippen LogP contribution in [-0.2, 0) is 14.8 Å². The van der Waals surface area contributed by atoms with Gasteiger partial charge in [0.05, 0.1) is 18.0 Å². The third-order valence-electron chi connectivity index (χ3n) is 4.02. The Bertz CT molecular complexity index is 970. The van der Waals surface area contributed by atoms with E-state index in [-0.39, 0.29) is 29.2 Å². The fourth-order valence-electron chi connectivity index (χ4n) is 2.46. The number of ether oxygens (including phenoxy) is 2. The number of carbonyl (C=O) groups excluding carboxylic acids is 2. The van der Waals surface area contributed by atoms with Crippen LogP contribution in [0, 0.1) is 0 Å². The minimum absolute atomic E-state index is 0.000729. The van der Waals surface area contributed by atoms with Gasteiger partial charge in [0.1, 0.15) is 0 Å². The molecule has 0 saturated carbocycles. The Labute approximate surface area is 163 Å². The number of amides is 1. The Kier molecular flexibility index (Phi) is 6.76. The van der Waals surface area contributed by atoms with E-state index in [1.807, 2.05) is 0 Å². The summed E-state index contributed by atoms with van der Waals surface area (Å²) < 4.78 is 33.2. The lowest BCUT2D eigenvalue weighted by molar-refractivity contribution is -0.123. The summed E-state index contributed by atoms with van der Waals surface area (Å²) in [5.74, 6) is 0.213. The quantitative estimate of drug-likeness (QED) is 0.644. The predicted molar refractivity (Wildman–Crippen MR) is 103 cm³/mol. The van der Waals surface area contributed by atoms with Gasteiger partial charge in [0.25, 0.3) is 5.91 Å². The van der Waals surface area contributed by atoms with Crippen LogP contribution in [0.4, 0.5) is 0 Å². The van der Waals surface area contributed by atoms with Crippen LogP contribution in [0.1, 0.15) is 35.8 Å². The van der Waals surface area contributed by atoms with Crippen molar-refractivity contribution in [3.8, 4) is 11.5 Å². The van der Waals surface area contributed by atoms with Crippen LogP contribution in [0.25, 0.3) is 0 Å². The van der Waals surface area contributed by atoms with Gasteiger partial charge >= 0.3 is 0 Å². The van der Waals surface area contributed by atoms with E-state index >= 15 is 0 Å². The number of methoxy groups -OCH3 is 1. The lowest BCUT2D eigenvalue weighted by Gasteiger charge is -2.16. The standard InChI is InChI=1S/C19H22N2O6S/c1-12(14-4-7-16(8-5-14)28(20,24)25)21-19(23)11-27-17-9-6-15(13(2)22)10-18(17)26-3/h4-10,12H,11H2,1-3H3,(H,21,23)(H2,20,24,25)/t12-/m1/s1. The highest BCUT2D eigenvalue weighted by Gasteiger charge is 2.14. The molecular formula is C19H22N2O6S. The summed E-state index contributed by atoms with van der Waals surface area (Å²) in [6.45, 7) is 2.95. The average Bonchev–Trinajstić information content (AvgIpc) is 2.65. The predicted octanol–water partition coefficient (Wildman–Crippen LogP) is 1.80. The maximum Gasteiger partial charge on any atom is 0.258 e. The second-order valence-electron chi connectivity index (χ2n) is 6.11. The number of nitrogens with one attached hydrogen (secondary N) is 1. The fraction of sp³-hybridized carbons (Fsp3) is 0.263. The third kappa shape index (κ3) is 5.54. The smallest absolute Gasteiger partial charge is 0.258 e. The first kappa shape index (κ1) is 21.4. The van der Waals surface area contributed by atoms with Gasteiger partial charge < -0.3 is 14.8 Å². The van der Waals surface area contributed by atoms with Crippen molar-refractivity contribution in [3.63, 3.8) is 0 Å². The molecule has 1 atom stereocenters. The molecule has 1 amide bonds. The van der Waals surface area contributed by atoms with Crippen molar-refractivity contribution >= 4 is 21.7 Å². The highest BCUT2D eigenvalue weighted by molar-refractivity contribution is 7.89. The summed E-state index contributed by atoms with van der Waals surface area (Å²) in [6, 6.07) is 10.3. The number of rotatable bonds is 8. The van der Waals surface area contributed by atoms with Crippen LogP contribution in [0.2, 0.25) is 0 Å². The summed E-state index contributed by atoms with van der Waals surface area (Å²) >= 11 is 0. The van der Waals surface area contributed by atoms with Crippen LogP contribution in [0.15, 0.2) is 47.4 Å². The Balaban J connectivity index is 1.98. The van der Waals surface area contributed by atoms with Crippen LogP contribution in [0.5, 0.6) is 11.5 Å². The third-order valence-corrected chi connectivity index (χ3v) is 4.94. The Morgan fingerprint density at radius 3 is 2.29 bits per heavy atom. The minimum atomic E-state index is -3.76. The van der Waals surface area contributed by atoms with Crippen molar-refractivity contribution in [2.24, 2.45) is 5.14 Å². The molecule has 0 bridgehead atoms. The first-order chi connectivity index (χ1) is 13.1. The van der Waals surface area contributed by atoms with Crippen LogP contribution in [-0.4, -0.2) is 33.8 Å². The number of nitrogens with two attached hydrogens (primary N) is 1. The molecule has 0 radical (unpaired) electrons. The molecule has 2 aromatic rings. The topological polar surface area (TPSA) is 125 Å². The fourth-order valence-corrected chi connectivity index (χ4v) is 2.98. The molecule has 28 heavy (non-hydrogen) atoms. The van der Waals surface area contributed by atoms with Crippen LogP contribution < -0.4 is 19.9 Å². The zero-order chi connectivity index (χ0) is 20.9. The number of sulfonamides is 1. The normalized spacial score (nSPS) is 12.1. The van der Waals surface area contributed by atoms with Gasteiger partial charge in [0.2, 0.25) is 10.0 Å². The molecular weight excluding hydrogens is 384 g/mol. The first-order valence-corrected chi connectivity index (χ1v) is 9.90. The molecule has 8 nitrogen and oxygen atoms in total. The Hall–Kier alpha value is -2.91. The zero-order valence-electron chi connectivity index (χ0n) is 15.8. The van der Waals surface area contributed by atoms with Crippen molar-refractivity contribution in [2.75, 3.05) is 13.7 Å². The number of Topliss-reactive ketones (excluding diaryl/α,β-unsaturated/α-hetero) is 1. The molecule has 0 unspecified atom stereocenters. The molecule has 150 valence electrons. The molecule has 0 saturated heterocycles. The summed E-state index contributed by atoms with van der Waals surface area (Å²) in [4.78, 5) is 23.6. The molecule has 0 aromatic heterocycles. The number of benzene rings is 2. The molecule has 0 heterocycles. The maximum absolute atomic E-state index is 12.2. The second-order valence-corrected chi connectivity index (χ2v) is 7.68. The molecule has 0 aliphatic rings. The highest BCUT2D eigenvalue weighted by atomic mass is 32.2. The Morgan fingerprint density at radius 2 is 1.75 bits per heavy atom. The van der Waals surface area contributed by atoms with Crippen LogP contribution >= 0.6 is 0 Å². The van der Waals surface area contributed by atoms with E-state index in [1.54, 1.807) is 37.3 Å². The number of ketones is 1. The van der Waals surface area contributed by atoms with Crippen molar-refractivity contribution in [1.29, 1.82) is 0 Å². The van der Waals surface area contributed by atoms with Crippen LogP contribution in [0.3, 0.4) is 0 Å². The largest absolute Gasteiger partial charge is 0.493 e. The monoisotopic (exact) mass is 406 g/mol. The van der Waals surface area contributed by atoms with E-state index in [4.69, 9.17) is 14.6 Å². The van der Waals surface area contributed by atoms with E-state index < -0.39 is 10.0 Å². The average molecular weight is 406 g/mol. The first-order valence-electron chi connectivity index (χ1n) is 8.35. The SMILES string of the molecule is COc1cc(C(C)=O)ccc1OCC(=O)N[C@H](C)c1ccc(S(N)(=O)=O)cc1. The Morgan fingerprint density at radius 1 is 1.11 bits per heavy atom. The van der Waals surface area contributed by atoms with E-state index in [1.165, 1.54) is 26.2 Å². The van der Waals surface area contributed by atoms with Gasteiger partial charge in [-0.1, -0.05) is 12.1 Å². The van der Waals surface area contributed by atoms with Gasteiger partial charge in [-0.05, 0) is 49.7 Å². The molecule has 2 aromatic carbocycles. The van der Waals surface area contributed by atoms with E-state index in [2.05, 4.69) is 5.32 Å². The van der Waals surface area contributed by atoms with Crippen molar-refractivity contribution in [3.05, 3.63) is 53.6 Å².